The standard InChI is InChI=1S/C24H20N2O/c1-16(18-8-4-3-5-9-18)24(27)26-22-12-6-10-19(17(22)2)20-11-7-13-23-21(20)14-15-25-23/h3-15,25H,1H2,2H3,(H,26,27). The van der Waals surface area contributed by atoms with Crippen molar-refractivity contribution >= 4 is 28.1 Å². The van der Waals surface area contributed by atoms with Crippen molar-refractivity contribution in [2.75, 3.05) is 5.32 Å². The molecule has 4 aromatic rings. The lowest BCUT2D eigenvalue weighted by Gasteiger charge is -2.14. The SMILES string of the molecule is C=C(C(=O)Nc1cccc(-c2cccc3[nH]ccc23)c1C)c1ccccc1. The van der Waals surface area contributed by atoms with Crippen LogP contribution in [0.1, 0.15) is 11.1 Å². The van der Waals surface area contributed by atoms with Gasteiger partial charge in [0.05, 0.1) is 0 Å². The molecule has 1 heterocycles. The van der Waals surface area contributed by atoms with Crippen LogP contribution in [0.2, 0.25) is 0 Å². The van der Waals surface area contributed by atoms with Crippen molar-refractivity contribution in [3.05, 3.63) is 96.7 Å². The molecule has 0 fully saturated rings. The summed E-state index contributed by atoms with van der Waals surface area (Å²) in [5, 5.41) is 4.18. The Labute approximate surface area is 158 Å². The molecule has 3 nitrogen and oxygen atoms in total. The average molecular weight is 352 g/mol. The van der Waals surface area contributed by atoms with Crippen molar-refractivity contribution in [1.29, 1.82) is 0 Å². The van der Waals surface area contributed by atoms with E-state index in [1.807, 2.05) is 61.7 Å². The molecule has 0 saturated heterocycles. The van der Waals surface area contributed by atoms with Crippen LogP contribution in [0.3, 0.4) is 0 Å². The van der Waals surface area contributed by atoms with Gasteiger partial charge in [-0.25, -0.2) is 0 Å². The zero-order valence-electron chi connectivity index (χ0n) is 15.1. The molecule has 1 aromatic heterocycles. The molecular weight excluding hydrogens is 332 g/mol. The fourth-order valence-corrected chi connectivity index (χ4v) is 3.35. The average Bonchev–Trinajstić information content (AvgIpc) is 3.19. The smallest absolute Gasteiger partial charge is 0.255 e. The first-order valence-electron chi connectivity index (χ1n) is 8.87. The summed E-state index contributed by atoms with van der Waals surface area (Å²) in [7, 11) is 0. The summed E-state index contributed by atoms with van der Waals surface area (Å²) in [5.41, 5.74) is 6.43. The second-order valence-corrected chi connectivity index (χ2v) is 6.52. The topological polar surface area (TPSA) is 44.9 Å². The van der Waals surface area contributed by atoms with Gasteiger partial charge in [-0.15, -0.1) is 0 Å². The third-order valence-corrected chi connectivity index (χ3v) is 4.86. The van der Waals surface area contributed by atoms with Gasteiger partial charge >= 0.3 is 0 Å². The molecule has 0 atom stereocenters. The Balaban J connectivity index is 1.68. The lowest BCUT2D eigenvalue weighted by molar-refractivity contribution is -0.111. The van der Waals surface area contributed by atoms with Crippen molar-refractivity contribution in [1.82, 2.24) is 4.98 Å². The van der Waals surface area contributed by atoms with E-state index in [2.05, 4.69) is 41.1 Å². The number of carbonyl (C=O) groups excluding carboxylic acids is 1. The quantitative estimate of drug-likeness (QED) is 0.448. The number of aromatic nitrogens is 1. The van der Waals surface area contributed by atoms with Gasteiger partial charge in [0, 0.05) is 28.4 Å². The van der Waals surface area contributed by atoms with Gasteiger partial charge in [-0.1, -0.05) is 61.2 Å². The van der Waals surface area contributed by atoms with Gasteiger partial charge in [0.15, 0.2) is 0 Å². The maximum absolute atomic E-state index is 12.7. The highest BCUT2D eigenvalue weighted by Crippen LogP contribution is 2.33. The molecule has 0 bridgehead atoms. The Hall–Kier alpha value is -3.59. The Morgan fingerprint density at radius 1 is 0.889 bits per heavy atom. The number of amides is 1. The minimum Gasteiger partial charge on any atom is -0.361 e. The van der Waals surface area contributed by atoms with Crippen molar-refractivity contribution in [3.8, 4) is 11.1 Å². The molecule has 0 unspecified atom stereocenters. The zero-order valence-corrected chi connectivity index (χ0v) is 15.1. The number of H-pyrrole nitrogens is 1. The highest BCUT2D eigenvalue weighted by atomic mass is 16.1. The van der Waals surface area contributed by atoms with Gasteiger partial charge in [-0.3, -0.25) is 4.79 Å². The lowest BCUT2D eigenvalue weighted by atomic mass is 9.96. The number of fused-ring (bicyclic) bond motifs is 1. The van der Waals surface area contributed by atoms with E-state index in [9.17, 15) is 4.79 Å². The van der Waals surface area contributed by atoms with E-state index in [0.717, 1.165) is 38.8 Å². The van der Waals surface area contributed by atoms with Crippen molar-refractivity contribution < 1.29 is 4.79 Å². The number of benzene rings is 3. The van der Waals surface area contributed by atoms with Crippen molar-refractivity contribution in [3.63, 3.8) is 0 Å². The molecule has 3 heteroatoms. The number of carbonyl (C=O) groups is 1. The summed E-state index contributed by atoms with van der Waals surface area (Å²) in [6.45, 7) is 5.98. The van der Waals surface area contributed by atoms with Crippen LogP contribution in [0, 0.1) is 6.92 Å². The molecular formula is C24H20N2O. The first kappa shape index (κ1) is 16.9. The molecule has 1 amide bonds. The summed E-state index contributed by atoms with van der Waals surface area (Å²) in [6.07, 6.45) is 1.94. The predicted molar refractivity (Wildman–Crippen MR) is 113 cm³/mol. The summed E-state index contributed by atoms with van der Waals surface area (Å²) in [4.78, 5) is 15.9. The van der Waals surface area contributed by atoms with Crippen LogP contribution in [0.5, 0.6) is 0 Å². The van der Waals surface area contributed by atoms with E-state index in [-0.39, 0.29) is 5.91 Å². The van der Waals surface area contributed by atoms with Crippen LogP contribution in [0.25, 0.3) is 27.6 Å². The van der Waals surface area contributed by atoms with Crippen LogP contribution in [-0.2, 0) is 4.79 Å². The van der Waals surface area contributed by atoms with Crippen molar-refractivity contribution in [2.24, 2.45) is 0 Å². The van der Waals surface area contributed by atoms with E-state index in [4.69, 9.17) is 0 Å². The first-order chi connectivity index (χ1) is 13.1. The number of anilines is 1. The molecule has 0 radical (unpaired) electrons. The minimum absolute atomic E-state index is 0.193. The van der Waals surface area contributed by atoms with Gasteiger partial charge in [-0.05, 0) is 47.4 Å². The Morgan fingerprint density at radius 3 is 2.44 bits per heavy atom. The molecule has 0 aliphatic carbocycles. The molecule has 27 heavy (non-hydrogen) atoms. The zero-order chi connectivity index (χ0) is 18.8. The maximum Gasteiger partial charge on any atom is 0.255 e. The van der Waals surface area contributed by atoms with Gasteiger partial charge in [0.2, 0.25) is 0 Å². The largest absolute Gasteiger partial charge is 0.361 e. The fourth-order valence-electron chi connectivity index (χ4n) is 3.35. The predicted octanol–water partition coefficient (Wildman–Crippen LogP) is 5.80. The van der Waals surface area contributed by atoms with Crippen LogP contribution < -0.4 is 5.32 Å². The summed E-state index contributed by atoms with van der Waals surface area (Å²) >= 11 is 0. The van der Waals surface area contributed by atoms with Gasteiger partial charge in [-0.2, -0.15) is 0 Å². The Kier molecular flexibility index (Phi) is 4.35. The molecule has 132 valence electrons. The van der Waals surface area contributed by atoms with Crippen LogP contribution in [0.15, 0.2) is 85.6 Å². The van der Waals surface area contributed by atoms with Crippen LogP contribution >= 0.6 is 0 Å². The molecule has 3 aromatic carbocycles. The van der Waals surface area contributed by atoms with Gasteiger partial charge < -0.3 is 10.3 Å². The van der Waals surface area contributed by atoms with E-state index >= 15 is 0 Å². The van der Waals surface area contributed by atoms with Gasteiger partial charge in [0.1, 0.15) is 0 Å². The van der Waals surface area contributed by atoms with Gasteiger partial charge in [0.25, 0.3) is 5.91 Å². The highest BCUT2D eigenvalue weighted by molar-refractivity contribution is 6.24. The highest BCUT2D eigenvalue weighted by Gasteiger charge is 2.14. The van der Waals surface area contributed by atoms with E-state index in [1.54, 1.807) is 0 Å². The molecule has 4 rings (SSSR count). The fraction of sp³-hybridized carbons (Fsp3) is 0.0417. The van der Waals surface area contributed by atoms with Crippen LogP contribution in [-0.4, -0.2) is 10.9 Å². The third-order valence-electron chi connectivity index (χ3n) is 4.86. The molecule has 0 saturated carbocycles. The first-order valence-corrected chi connectivity index (χ1v) is 8.87. The summed E-state index contributed by atoms with van der Waals surface area (Å²) in [5.74, 6) is -0.193. The summed E-state index contributed by atoms with van der Waals surface area (Å²) < 4.78 is 0. The maximum atomic E-state index is 12.7. The lowest BCUT2D eigenvalue weighted by Crippen LogP contribution is -2.14. The minimum atomic E-state index is -0.193. The second kappa shape index (κ2) is 6.96. The molecule has 0 aliphatic rings. The number of rotatable bonds is 4. The number of hydrogen-bond donors (Lipinski definition) is 2. The van der Waals surface area contributed by atoms with Crippen molar-refractivity contribution in [2.45, 2.75) is 6.92 Å². The molecule has 0 aliphatic heterocycles. The number of nitrogens with one attached hydrogen (secondary N) is 2. The molecule has 0 spiro atoms. The van der Waals surface area contributed by atoms with E-state index in [1.165, 1.54) is 0 Å². The monoisotopic (exact) mass is 352 g/mol. The van der Waals surface area contributed by atoms with E-state index < -0.39 is 0 Å². The number of aromatic amines is 1. The van der Waals surface area contributed by atoms with E-state index in [0.29, 0.717) is 5.57 Å². The van der Waals surface area contributed by atoms with Crippen LogP contribution in [0.4, 0.5) is 5.69 Å². The Morgan fingerprint density at radius 2 is 1.63 bits per heavy atom. The Bertz CT molecular complexity index is 1140. The summed E-state index contributed by atoms with van der Waals surface area (Å²) in [6, 6.07) is 23.7. The number of hydrogen-bond acceptors (Lipinski definition) is 1. The normalized spacial score (nSPS) is 10.7. The second-order valence-electron chi connectivity index (χ2n) is 6.52. The third kappa shape index (κ3) is 3.15. The molecule has 2 N–H and O–H groups in total.